The van der Waals surface area contributed by atoms with Crippen molar-refractivity contribution in [2.45, 2.75) is 49.9 Å². The molecule has 0 aliphatic carbocycles. The first-order valence-electron chi connectivity index (χ1n) is 7.51. The third kappa shape index (κ3) is 6.32. The van der Waals surface area contributed by atoms with Gasteiger partial charge in [0, 0.05) is 21.4 Å². The number of amides is 2. The maximum Gasteiger partial charge on any atom is 0.319 e. The number of nitrogens with one attached hydrogen (secondary N) is 2. The van der Waals surface area contributed by atoms with Gasteiger partial charge in [-0.05, 0) is 31.2 Å². The van der Waals surface area contributed by atoms with Crippen molar-refractivity contribution in [1.82, 2.24) is 20.1 Å². The summed E-state index contributed by atoms with van der Waals surface area (Å²) in [7, 11) is 0. The number of aromatic nitrogens is 3. The second kappa shape index (κ2) is 7.50. The van der Waals surface area contributed by atoms with Gasteiger partial charge in [0.05, 0.1) is 6.54 Å². The van der Waals surface area contributed by atoms with E-state index in [0.717, 1.165) is 5.69 Å². The number of rotatable bonds is 5. The Morgan fingerprint density at radius 1 is 1.30 bits per heavy atom. The Morgan fingerprint density at radius 2 is 2.00 bits per heavy atom. The van der Waals surface area contributed by atoms with E-state index in [-0.39, 0.29) is 16.8 Å². The van der Waals surface area contributed by atoms with E-state index >= 15 is 0 Å². The summed E-state index contributed by atoms with van der Waals surface area (Å²) in [5.41, 5.74) is 0.772. The smallest absolute Gasteiger partial charge is 0.319 e. The fourth-order valence-electron chi connectivity index (χ4n) is 2.00. The number of anilines is 1. The highest BCUT2D eigenvalue weighted by Crippen LogP contribution is 2.32. The Balaban J connectivity index is 1.82. The summed E-state index contributed by atoms with van der Waals surface area (Å²) in [5, 5.41) is 9.73. The van der Waals surface area contributed by atoms with Crippen LogP contribution in [-0.4, -0.2) is 31.6 Å². The average molecular weight is 333 g/mol. The van der Waals surface area contributed by atoms with Crippen LogP contribution in [0.25, 0.3) is 0 Å². The standard InChI is InChI=1S/C16H23N5OS/c1-12(9-21-11-17-10-18-21)19-15(22)20-13-5-7-14(8-6-13)23-16(2,3)4/h5-8,10-12H,9H2,1-4H3,(H2,19,20,22)/t12-/m1/s1. The van der Waals surface area contributed by atoms with Crippen molar-refractivity contribution in [3.05, 3.63) is 36.9 Å². The summed E-state index contributed by atoms with van der Waals surface area (Å²) in [6, 6.07) is 7.58. The number of hydrogen-bond acceptors (Lipinski definition) is 4. The lowest BCUT2D eigenvalue weighted by Crippen LogP contribution is -2.38. The number of urea groups is 1. The molecule has 1 atom stereocenters. The molecule has 0 aliphatic heterocycles. The zero-order chi connectivity index (χ0) is 16.9. The van der Waals surface area contributed by atoms with Crippen molar-refractivity contribution in [1.29, 1.82) is 0 Å². The summed E-state index contributed by atoms with van der Waals surface area (Å²) in [6.45, 7) is 9.02. The Bertz CT molecular complexity index is 619. The van der Waals surface area contributed by atoms with E-state index in [2.05, 4.69) is 41.5 Å². The van der Waals surface area contributed by atoms with Crippen LogP contribution in [0.3, 0.4) is 0 Å². The van der Waals surface area contributed by atoms with E-state index in [9.17, 15) is 4.79 Å². The molecule has 0 saturated carbocycles. The van der Waals surface area contributed by atoms with Crippen molar-refractivity contribution in [3.63, 3.8) is 0 Å². The molecule has 23 heavy (non-hydrogen) atoms. The molecule has 124 valence electrons. The monoisotopic (exact) mass is 333 g/mol. The molecular weight excluding hydrogens is 310 g/mol. The van der Waals surface area contributed by atoms with Crippen LogP contribution in [0.4, 0.5) is 10.5 Å². The summed E-state index contributed by atoms with van der Waals surface area (Å²) >= 11 is 1.80. The van der Waals surface area contributed by atoms with Gasteiger partial charge in [-0.15, -0.1) is 11.8 Å². The highest BCUT2D eigenvalue weighted by Gasteiger charge is 2.12. The number of carbonyl (C=O) groups excluding carboxylic acids is 1. The van der Waals surface area contributed by atoms with E-state index in [4.69, 9.17) is 0 Å². The Morgan fingerprint density at radius 3 is 2.57 bits per heavy atom. The topological polar surface area (TPSA) is 71.8 Å². The molecule has 0 radical (unpaired) electrons. The van der Waals surface area contributed by atoms with E-state index in [1.807, 2.05) is 31.2 Å². The lowest BCUT2D eigenvalue weighted by Gasteiger charge is -2.18. The van der Waals surface area contributed by atoms with Crippen LogP contribution in [-0.2, 0) is 6.54 Å². The van der Waals surface area contributed by atoms with Gasteiger partial charge >= 0.3 is 6.03 Å². The molecule has 0 fully saturated rings. The summed E-state index contributed by atoms with van der Waals surface area (Å²) in [5.74, 6) is 0. The normalized spacial score (nSPS) is 12.7. The molecule has 2 rings (SSSR count). The molecular formula is C16H23N5OS. The molecule has 0 spiro atoms. The number of carbonyl (C=O) groups is 1. The van der Waals surface area contributed by atoms with Gasteiger partial charge in [0.25, 0.3) is 0 Å². The fraction of sp³-hybridized carbons (Fsp3) is 0.438. The molecule has 7 heteroatoms. The van der Waals surface area contributed by atoms with E-state index in [1.165, 1.54) is 11.2 Å². The Hall–Kier alpha value is -2.02. The minimum absolute atomic E-state index is 0.0487. The summed E-state index contributed by atoms with van der Waals surface area (Å²) < 4.78 is 1.85. The lowest BCUT2D eigenvalue weighted by molar-refractivity contribution is 0.247. The molecule has 0 saturated heterocycles. The number of thioether (sulfide) groups is 1. The van der Waals surface area contributed by atoms with Crippen molar-refractivity contribution in [3.8, 4) is 0 Å². The van der Waals surface area contributed by atoms with Gasteiger partial charge in [0.1, 0.15) is 12.7 Å². The molecule has 0 bridgehead atoms. The maximum atomic E-state index is 12.0. The van der Waals surface area contributed by atoms with Crippen LogP contribution in [0, 0.1) is 0 Å². The van der Waals surface area contributed by atoms with Gasteiger partial charge in [-0.2, -0.15) is 5.10 Å². The van der Waals surface area contributed by atoms with Gasteiger partial charge in [-0.3, -0.25) is 4.68 Å². The van der Waals surface area contributed by atoms with E-state index in [1.54, 1.807) is 22.8 Å². The molecule has 0 aliphatic rings. The van der Waals surface area contributed by atoms with E-state index in [0.29, 0.717) is 6.54 Å². The van der Waals surface area contributed by atoms with Crippen molar-refractivity contribution >= 4 is 23.5 Å². The SMILES string of the molecule is C[C@H](Cn1cncn1)NC(=O)Nc1ccc(SC(C)(C)C)cc1. The molecule has 1 aromatic heterocycles. The van der Waals surface area contributed by atoms with Gasteiger partial charge in [-0.1, -0.05) is 20.8 Å². The predicted octanol–water partition coefficient (Wildman–Crippen LogP) is 3.38. The predicted molar refractivity (Wildman–Crippen MR) is 93.7 cm³/mol. The third-order valence-corrected chi connectivity index (χ3v) is 3.96. The second-order valence-electron chi connectivity index (χ2n) is 6.36. The Kier molecular flexibility index (Phi) is 5.65. The third-order valence-electron chi connectivity index (χ3n) is 2.84. The van der Waals surface area contributed by atoms with E-state index < -0.39 is 0 Å². The zero-order valence-corrected chi connectivity index (χ0v) is 14.7. The quantitative estimate of drug-likeness (QED) is 0.823. The number of hydrogen-bond donors (Lipinski definition) is 2. The van der Waals surface area contributed by atoms with Gasteiger partial charge in [0.2, 0.25) is 0 Å². The number of benzene rings is 1. The summed E-state index contributed by atoms with van der Waals surface area (Å²) in [4.78, 5) is 17.1. The lowest BCUT2D eigenvalue weighted by atomic mass is 10.3. The van der Waals surface area contributed by atoms with Gasteiger partial charge < -0.3 is 10.6 Å². The minimum Gasteiger partial charge on any atom is -0.334 e. The number of nitrogens with zero attached hydrogens (tertiary/aromatic N) is 3. The van der Waals surface area contributed by atoms with Gasteiger partial charge in [-0.25, -0.2) is 9.78 Å². The molecule has 1 aromatic carbocycles. The van der Waals surface area contributed by atoms with Gasteiger partial charge in [0.15, 0.2) is 0 Å². The fourth-order valence-corrected chi connectivity index (χ4v) is 2.98. The van der Waals surface area contributed by atoms with Crippen LogP contribution < -0.4 is 10.6 Å². The van der Waals surface area contributed by atoms with Crippen LogP contribution >= 0.6 is 11.8 Å². The van der Waals surface area contributed by atoms with Crippen LogP contribution in [0.2, 0.25) is 0 Å². The van der Waals surface area contributed by atoms with Crippen LogP contribution in [0.5, 0.6) is 0 Å². The molecule has 0 unspecified atom stereocenters. The van der Waals surface area contributed by atoms with Crippen LogP contribution in [0.15, 0.2) is 41.8 Å². The Labute approximate surface area is 141 Å². The molecule has 2 amide bonds. The first-order chi connectivity index (χ1) is 10.8. The largest absolute Gasteiger partial charge is 0.334 e. The van der Waals surface area contributed by atoms with Crippen molar-refractivity contribution in [2.75, 3.05) is 5.32 Å². The molecule has 2 aromatic rings. The molecule has 1 heterocycles. The van der Waals surface area contributed by atoms with Crippen molar-refractivity contribution < 1.29 is 4.79 Å². The summed E-state index contributed by atoms with van der Waals surface area (Å²) in [6.07, 6.45) is 3.10. The molecule has 2 N–H and O–H groups in total. The molecule has 6 nitrogen and oxygen atoms in total. The minimum atomic E-state index is -0.228. The first kappa shape index (κ1) is 17.3. The van der Waals surface area contributed by atoms with Crippen LogP contribution in [0.1, 0.15) is 27.7 Å². The highest BCUT2D eigenvalue weighted by atomic mass is 32.2. The second-order valence-corrected chi connectivity index (χ2v) is 8.26. The first-order valence-corrected chi connectivity index (χ1v) is 8.32. The average Bonchev–Trinajstić information content (AvgIpc) is 2.91. The van der Waals surface area contributed by atoms with Crippen molar-refractivity contribution in [2.24, 2.45) is 0 Å². The zero-order valence-electron chi connectivity index (χ0n) is 13.9. The maximum absolute atomic E-state index is 12.0. The highest BCUT2D eigenvalue weighted by molar-refractivity contribution is 8.00.